The summed E-state index contributed by atoms with van der Waals surface area (Å²) in [5, 5.41) is 14.4. The van der Waals surface area contributed by atoms with Crippen LogP contribution in [0.4, 0.5) is 11.4 Å². The zero-order chi connectivity index (χ0) is 17.2. The summed E-state index contributed by atoms with van der Waals surface area (Å²) in [6.45, 7) is 2.51. The van der Waals surface area contributed by atoms with Crippen LogP contribution in [-0.2, 0) is 0 Å². The van der Waals surface area contributed by atoms with E-state index in [4.69, 9.17) is 0 Å². The summed E-state index contributed by atoms with van der Waals surface area (Å²) < 4.78 is 1.19. The van der Waals surface area contributed by atoms with Gasteiger partial charge in [0.15, 0.2) is 5.60 Å². The monoisotopic (exact) mass is 348 g/mol. The number of hydrogen-bond acceptors (Lipinski definition) is 5. The first kappa shape index (κ1) is 14.8. The van der Waals surface area contributed by atoms with Gasteiger partial charge in [-0.15, -0.1) is 11.3 Å². The van der Waals surface area contributed by atoms with Crippen molar-refractivity contribution in [2.45, 2.75) is 18.9 Å². The molecule has 0 spiro atoms. The fourth-order valence-corrected chi connectivity index (χ4v) is 4.53. The highest BCUT2D eigenvalue weighted by molar-refractivity contribution is 7.17. The standard InChI is InChI=1S/C20H16N2O2S/c1-12-2-5-16-15(10-12)18(23)20(24)7-8-22(19(20)21-16)14-4-3-13-6-9-25-17(13)11-14/h2-6,9-11,24H,7-8H2,1H3/t20-/m1/s1. The predicted molar refractivity (Wildman–Crippen MR) is 101 cm³/mol. The van der Waals surface area contributed by atoms with Gasteiger partial charge in [-0.1, -0.05) is 17.7 Å². The smallest absolute Gasteiger partial charge is 0.204 e. The molecule has 0 aliphatic carbocycles. The average Bonchev–Trinajstić information content (AvgIpc) is 3.20. The Labute approximate surface area is 149 Å². The Morgan fingerprint density at radius 1 is 1.20 bits per heavy atom. The van der Waals surface area contributed by atoms with Gasteiger partial charge in [0.2, 0.25) is 5.78 Å². The van der Waals surface area contributed by atoms with Crippen molar-refractivity contribution in [3.8, 4) is 0 Å². The van der Waals surface area contributed by atoms with Gasteiger partial charge in [0.25, 0.3) is 0 Å². The Hall–Kier alpha value is -2.50. The van der Waals surface area contributed by atoms with Crippen molar-refractivity contribution in [2.24, 2.45) is 4.99 Å². The minimum absolute atomic E-state index is 0.240. The zero-order valence-electron chi connectivity index (χ0n) is 13.7. The quantitative estimate of drug-likeness (QED) is 0.721. The highest BCUT2D eigenvalue weighted by Gasteiger charge is 2.52. The van der Waals surface area contributed by atoms with Crippen molar-refractivity contribution >= 4 is 44.4 Å². The molecule has 2 aromatic carbocycles. The molecule has 124 valence electrons. The van der Waals surface area contributed by atoms with Gasteiger partial charge in [0.05, 0.1) is 5.69 Å². The lowest BCUT2D eigenvalue weighted by molar-refractivity contribution is 0.0602. The molecule has 1 fully saturated rings. The maximum absolute atomic E-state index is 13.0. The van der Waals surface area contributed by atoms with E-state index in [1.165, 1.54) is 10.1 Å². The van der Waals surface area contributed by atoms with E-state index in [0.717, 1.165) is 11.3 Å². The first-order valence-electron chi connectivity index (χ1n) is 8.28. The minimum atomic E-state index is -1.52. The molecule has 1 aromatic heterocycles. The van der Waals surface area contributed by atoms with Crippen molar-refractivity contribution in [1.82, 2.24) is 0 Å². The number of hydrogen-bond donors (Lipinski definition) is 1. The highest BCUT2D eigenvalue weighted by atomic mass is 32.1. The van der Waals surface area contributed by atoms with Crippen LogP contribution in [0.2, 0.25) is 0 Å². The number of fused-ring (bicyclic) bond motifs is 3. The molecule has 0 radical (unpaired) electrons. The van der Waals surface area contributed by atoms with E-state index >= 15 is 0 Å². The maximum atomic E-state index is 13.0. The number of aliphatic imine (C=N–C) groups is 1. The number of carbonyl (C=O) groups is 1. The molecule has 3 aromatic rings. The van der Waals surface area contributed by atoms with E-state index in [2.05, 4.69) is 28.6 Å². The molecule has 2 aliphatic heterocycles. The van der Waals surface area contributed by atoms with Crippen molar-refractivity contribution in [2.75, 3.05) is 11.4 Å². The number of amidine groups is 1. The number of benzene rings is 2. The van der Waals surface area contributed by atoms with E-state index in [9.17, 15) is 9.90 Å². The SMILES string of the molecule is Cc1ccc2c(c1)C(=O)[C@]1(O)CCN(c3ccc4ccsc4c3)C1=N2. The number of nitrogens with zero attached hydrogens (tertiary/aromatic N) is 2. The largest absolute Gasteiger partial charge is 0.374 e. The summed E-state index contributed by atoms with van der Waals surface area (Å²) >= 11 is 1.68. The lowest BCUT2D eigenvalue weighted by Crippen LogP contribution is -2.48. The number of aryl methyl sites for hydroxylation is 1. The topological polar surface area (TPSA) is 52.9 Å². The molecule has 0 unspecified atom stereocenters. The normalized spacial score (nSPS) is 22.1. The molecule has 0 bridgehead atoms. The van der Waals surface area contributed by atoms with E-state index in [1.54, 1.807) is 11.3 Å². The third-order valence-corrected chi connectivity index (χ3v) is 5.95. The molecular weight excluding hydrogens is 332 g/mol. The summed E-state index contributed by atoms with van der Waals surface area (Å²) in [4.78, 5) is 19.6. The molecule has 0 saturated carbocycles. The third-order valence-electron chi connectivity index (χ3n) is 5.07. The Kier molecular flexibility index (Phi) is 2.96. The summed E-state index contributed by atoms with van der Waals surface area (Å²) in [5.74, 6) is 0.209. The van der Waals surface area contributed by atoms with Gasteiger partial charge in [0.1, 0.15) is 5.84 Å². The van der Waals surface area contributed by atoms with Crippen molar-refractivity contribution in [1.29, 1.82) is 0 Å². The number of rotatable bonds is 1. The molecule has 1 N–H and O–H groups in total. The molecule has 2 aliphatic rings. The van der Waals surface area contributed by atoms with Crippen molar-refractivity contribution in [3.05, 3.63) is 59.0 Å². The molecule has 3 heterocycles. The predicted octanol–water partition coefficient (Wildman–Crippen LogP) is 4.08. The molecule has 25 heavy (non-hydrogen) atoms. The number of ketones is 1. The van der Waals surface area contributed by atoms with E-state index in [0.29, 0.717) is 30.1 Å². The van der Waals surface area contributed by atoms with Crippen LogP contribution in [0.3, 0.4) is 0 Å². The Morgan fingerprint density at radius 2 is 2.08 bits per heavy atom. The fourth-order valence-electron chi connectivity index (χ4n) is 3.71. The average molecular weight is 348 g/mol. The van der Waals surface area contributed by atoms with Crippen LogP contribution < -0.4 is 4.90 Å². The van der Waals surface area contributed by atoms with Gasteiger partial charge >= 0.3 is 0 Å². The van der Waals surface area contributed by atoms with E-state index in [1.807, 2.05) is 36.1 Å². The molecule has 1 saturated heterocycles. The van der Waals surface area contributed by atoms with Crippen LogP contribution in [-0.4, -0.2) is 28.9 Å². The van der Waals surface area contributed by atoms with Crippen LogP contribution >= 0.6 is 11.3 Å². The molecule has 1 atom stereocenters. The van der Waals surface area contributed by atoms with E-state index in [-0.39, 0.29) is 5.78 Å². The molecule has 5 heteroatoms. The van der Waals surface area contributed by atoms with Gasteiger partial charge in [-0.3, -0.25) is 4.79 Å². The van der Waals surface area contributed by atoms with E-state index < -0.39 is 5.60 Å². The lowest BCUT2D eigenvalue weighted by atomic mass is 9.87. The van der Waals surface area contributed by atoms with Crippen molar-refractivity contribution < 1.29 is 9.90 Å². The third kappa shape index (κ3) is 2.03. The highest BCUT2D eigenvalue weighted by Crippen LogP contribution is 2.40. The summed E-state index contributed by atoms with van der Waals surface area (Å²) in [5.41, 5.74) is 1.59. The Morgan fingerprint density at radius 3 is 2.96 bits per heavy atom. The molecule has 0 amide bonds. The van der Waals surface area contributed by atoms with Crippen molar-refractivity contribution in [3.63, 3.8) is 0 Å². The van der Waals surface area contributed by atoms with Gasteiger partial charge in [-0.05, 0) is 48.0 Å². The first-order chi connectivity index (χ1) is 12.1. The van der Waals surface area contributed by atoms with Gasteiger partial charge in [-0.2, -0.15) is 0 Å². The Balaban J connectivity index is 1.67. The number of thiophene rings is 1. The molecule has 4 nitrogen and oxygen atoms in total. The number of carbonyl (C=O) groups excluding carboxylic acids is 1. The van der Waals surface area contributed by atoms with Gasteiger partial charge in [0, 0.05) is 28.9 Å². The van der Waals surface area contributed by atoms with Crippen LogP contribution in [0.1, 0.15) is 22.3 Å². The summed E-state index contributed by atoms with van der Waals surface area (Å²) in [6.07, 6.45) is 0.362. The van der Waals surface area contributed by atoms with Gasteiger partial charge < -0.3 is 10.0 Å². The minimum Gasteiger partial charge on any atom is -0.374 e. The number of aliphatic hydroxyl groups is 1. The number of anilines is 1. The number of Topliss-reactive ketones (excluding diaryl/α,β-unsaturated/α-hetero) is 1. The molecule has 5 rings (SSSR count). The van der Waals surface area contributed by atoms with Crippen LogP contribution in [0, 0.1) is 6.92 Å². The van der Waals surface area contributed by atoms with Crippen LogP contribution in [0.5, 0.6) is 0 Å². The lowest BCUT2D eigenvalue weighted by Gasteiger charge is -2.29. The second kappa shape index (κ2) is 5.00. The van der Waals surface area contributed by atoms with Crippen LogP contribution in [0.25, 0.3) is 10.1 Å². The second-order valence-electron chi connectivity index (χ2n) is 6.69. The van der Waals surface area contributed by atoms with Gasteiger partial charge in [-0.25, -0.2) is 4.99 Å². The zero-order valence-corrected chi connectivity index (χ0v) is 14.5. The first-order valence-corrected chi connectivity index (χ1v) is 9.16. The molecular formula is C20H16N2O2S. The second-order valence-corrected chi connectivity index (χ2v) is 7.64. The Bertz CT molecular complexity index is 1070. The fraction of sp³-hybridized carbons (Fsp3) is 0.200. The van der Waals surface area contributed by atoms with Crippen LogP contribution in [0.15, 0.2) is 52.8 Å². The maximum Gasteiger partial charge on any atom is 0.204 e. The summed E-state index contributed by atoms with van der Waals surface area (Å²) in [7, 11) is 0. The summed E-state index contributed by atoms with van der Waals surface area (Å²) in [6, 6.07) is 13.9.